The summed E-state index contributed by atoms with van der Waals surface area (Å²) in [6, 6.07) is 14.6. The fraction of sp³-hybridized carbons (Fsp3) is 0.348. The molecule has 2 aromatic rings. The van der Waals surface area contributed by atoms with Crippen LogP contribution in [0, 0.1) is 5.92 Å². The van der Waals surface area contributed by atoms with Crippen LogP contribution < -0.4 is 19.5 Å². The number of sulfonamides is 1. The minimum absolute atomic E-state index is 0.0125. The Bertz CT molecular complexity index is 973. The molecular formula is C23H30N2O5S. The van der Waals surface area contributed by atoms with Gasteiger partial charge in [0.05, 0.1) is 19.5 Å². The van der Waals surface area contributed by atoms with Crippen molar-refractivity contribution in [3.8, 4) is 11.5 Å². The highest BCUT2D eigenvalue weighted by Gasteiger charge is 2.10. The fourth-order valence-corrected chi connectivity index (χ4v) is 3.47. The summed E-state index contributed by atoms with van der Waals surface area (Å²) in [5, 5.41) is 2.58. The van der Waals surface area contributed by atoms with Crippen molar-refractivity contribution < 1.29 is 22.7 Å². The Morgan fingerprint density at radius 1 is 1.10 bits per heavy atom. The van der Waals surface area contributed by atoms with Crippen molar-refractivity contribution in [1.29, 1.82) is 0 Å². The maximum atomic E-state index is 12.1. The summed E-state index contributed by atoms with van der Waals surface area (Å²) in [6.07, 6.45) is 2.99. The van der Waals surface area contributed by atoms with Crippen molar-refractivity contribution in [2.24, 2.45) is 5.92 Å². The molecule has 0 atom stereocenters. The predicted molar refractivity (Wildman–Crippen MR) is 122 cm³/mol. The van der Waals surface area contributed by atoms with E-state index >= 15 is 0 Å². The SMILES string of the molecule is COc1cc(/C=C/C(=O)NCCS(=O)(=O)NCc2ccccc2)ccc1OCC(C)C. The van der Waals surface area contributed by atoms with Gasteiger partial charge in [-0.25, -0.2) is 13.1 Å². The molecule has 2 N–H and O–H groups in total. The lowest BCUT2D eigenvalue weighted by Crippen LogP contribution is -2.33. The predicted octanol–water partition coefficient (Wildman–Crippen LogP) is 2.98. The number of amides is 1. The fourth-order valence-electron chi connectivity index (χ4n) is 2.56. The van der Waals surface area contributed by atoms with E-state index in [-0.39, 0.29) is 24.7 Å². The highest BCUT2D eigenvalue weighted by Crippen LogP contribution is 2.28. The number of carbonyl (C=O) groups is 1. The second-order valence-electron chi connectivity index (χ2n) is 7.37. The zero-order chi connectivity index (χ0) is 22.7. The first-order chi connectivity index (χ1) is 14.8. The number of rotatable bonds is 12. The Morgan fingerprint density at radius 3 is 2.52 bits per heavy atom. The maximum absolute atomic E-state index is 12.1. The molecule has 0 aliphatic rings. The van der Waals surface area contributed by atoms with Crippen molar-refractivity contribution in [3.05, 3.63) is 65.7 Å². The smallest absolute Gasteiger partial charge is 0.244 e. The summed E-state index contributed by atoms with van der Waals surface area (Å²) in [5.74, 6) is 1.04. The molecule has 0 aliphatic heterocycles. The van der Waals surface area contributed by atoms with Gasteiger partial charge in [0.15, 0.2) is 11.5 Å². The summed E-state index contributed by atoms with van der Waals surface area (Å²) in [5.41, 5.74) is 1.63. The van der Waals surface area contributed by atoms with E-state index in [9.17, 15) is 13.2 Å². The second-order valence-corrected chi connectivity index (χ2v) is 9.29. The molecule has 0 unspecified atom stereocenters. The molecule has 7 nitrogen and oxygen atoms in total. The molecule has 0 aliphatic carbocycles. The molecule has 2 rings (SSSR count). The van der Waals surface area contributed by atoms with Gasteiger partial charge < -0.3 is 14.8 Å². The Morgan fingerprint density at radius 2 is 1.84 bits per heavy atom. The van der Waals surface area contributed by atoms with Crippen molar-refractivity contribution in [3.63, 3.8) is 0 Å². The van der Waals surface area contributed by atoms with E-state index in [0.29, 0.717) is 24.0 Å². The quantitative estimate of drug-likeness (QED) is 0.489. The van der Waals surface area contributed by atoms with E-state index in [0.717, 1.165) is 11.1 Å². The first-order valence-corrected chi connectivity index (χ1v) is 11.7. The van der Waals surface area contributed by atoms with Gasteiger partial charge in [-0.05, 0) is 35.3 Å². The maximum Gasteiger partial charge on any atom is 0.244 e. The number of methoxy groups -OCH3 is 1. The lowest BCUT2D eigenvalue weighted by atomic mass is 10.2. The normalized spacial score (nSPS) is 11.6. The van der Waals surface area contributed by atoms with E-state index in [1.165, 1.54) is 6.08 Å². The molecule has 0 spiro atoms. The molecule has 8 heteroatoms. The van der Waals surface area contributed by atoms with Crippen LogP contribution in [0.15, 0.2) is 54.6 Å². The molecular weight excluding hydrogens is 416 g/mol. The van der Waals surface area contributed by atoms with Crippen LogP contribution in [0.2, 0.25) is 0 Å². The van der Waals surface area contributed by atoms with Crippen LogP contribution in [0.5, 0.6) is 11.5 Å². The molecule has 2 aromatic carbocycles. The topological polar surface area (TPSA) is 93.7 Å². The van der Waals surface area contributed by atoms with Crippen LogP contribution >= 0.6 is 0 Å². The van der Waals surface area contributed by atoms with E-state index < -0.39 is 10.0 Å². The second kappa shape index (κ2) is 12.1. The van der Waals surface area contributed by atoms with Gasteiger partial charge in [-0.2, -0.15) is 0 Å². The van der Waals surface area contributed by atoms with Gasteiger partial charge in [0.2, 0.25) is 15.9 Å². The zero-order valence-corrected chi connectivity index (χ0v) is 18.9. The number of benzene rings is 2. The molecule has 1 amide bonds. The van der Waals surface area contributed by atoms with Crippen LogP contribution in [0.3, 0.4) is 0 Å². The summed E-state index contributed by atoms with van der Waals surface area (Å²) < 4.78 is 37.7. The largest absolute Gasteiger partial charge is 0.493 e. The van der Waals surface area contributed by atoms with Crippen molar-refractivity contribution in [2.45, 2.75) is 20.4 Å². The standard InChI is InChI=1S/C23H30N2O5S/c1-18(2)17-30-21-11-9-19(15-22(21)29-3)10-12-23(26)24-13-14-31(27,28)25-16-20-7-5-4-6-8-20/h4-12,15,18,25H,13-14,16-17H2,1-3H3,(H,24,26)/b12-10+. The van der Waals surface area contributed by atoms with Crippen LogP contribution in [-0.2, 0) is 21.4 Å². The molecule has 31 heavy (non-hydrogen) atoms. The number of hydrogen-bond acceptors (Lipinski definition) is 5. The Balaban J connectivity index is 1.81. The summed E-state index contributed by atoms with van der Waals surface area (Å²) >= 11 is 0. The third-order valence-electron chi connectivity index (χ3n) is 4.20. The van der Waals surface area contributed by atoms with Gasteiger partial charge in [0, 0.05) is 19.2 Å². The molecule has 168 valence electrons. The minimum Gasteiger partial charge on any atom is -0.493 e. The van der Waals surface area contributed by atoms with Gasteiger partial charge in [-0.1, -0.05) is 50.2 Å². The molecule has 0 saturated heterocycles. The molecule has 0 aromatic heterocycles. The number of ether oxygens (including phenoxy) is 2. The highest BCUT2D eigenvalue weighted by atomic mass is 32.2. The number of nitrogens with one attached hydrogen (secondary N) is 2. The summed E-state index contributed by atoms with van der Waals surface area (Å²) in [4.78, 5) is 12.0. The monoisotopic (exact) mass is 446 g/mol. The van der Waals surface area contributed by atoms with Gasteiger partial charge in [-0.3, -0.25) is 4.79 Å². The highest BCUT2D eigenvalue weighted by molar-refractivity contribution is 7.89. The molecule has 0 bridgehead atoms. The van der Waals surface area contributed by atoms with Gasteiger partial charge in [0.25, 0.3) is 0 Å². The van der Waals surface area contributed by atoms with E-state index in [1.54, 1.807) is 25.3 Å². The van der Waals surface area contributed by atoms with Gasteiger partial charge in [-0.15, -0.1) is 0 Å². The van der Waals surface area contributed by atoms with Crippen LogP contribution in [0.1, 0.15) is 25.0 Å². The Labute approximate surface area is 184 Å². The van der Waals surface area contributed by atoms with E-state index in [1.807, 2.05) is 36.4 Å². The average Bonchev–Trinajstić information content (AvgIpc) is 2.75. The zero-order valence-electron chi connectivity index (χ0n) is 18.1. The third kappa shape index (κ3) is 9.23. The Hall–Kier alpha value is -2.84. The Kier molecular flexibility index (Phi) is 9.55. The molecule has 0 fully saturated rings. The van der Waals surface area contributed by atoms with E-state index in [2.05, 4.69) is 23.9 Å². The first-order valence-electron chi connectivity index (χ1n) is 10.1. The van der Waals surface area contributed by atoms with Crippen molar-refractivity contribution in [2.75, 3.05) is 26.0 Å². The van der Waals surface area contributed by atoms with E-state index in [4.69, 9.17) is 9.47 Å². The van der Waals surface area contributed by atoms with Crippen LogP contribution in [0.4, 0.5) is 0 Å². The summed E-state index contributed by atoms with van der Waals surface area (Å²) in [6.45, 7) is 4.94. The van der Waals surface area contributed by atoms with Gasteiger partial charge in [0.1, 0.15) is 0 Å². The first kappa shape index (κ1) is 24.4. The number of hydrogen-bond donors (Lipinski definition) is 2. The van der Waals surface area contributed by atoms with Crippen LogP contribution in [0.25, 0.3) is 6.08 Å². The molecule has 0 saturated carbocycles. The third-order valence-corrected chi connectivity index (χ3v) is 5.52. The number of carbonyl (C=O) groups excluding carboxylic acids is 1. The average molecular weight is 447 g/mol. The van der Waals surface area contributed by atoms with Crippen molar-refractivity contribution in [1.82, 2.24) is 10.0 Å². The lowest BCUT2D eigenvalue weighted by Gasteiger charge is -2.12. The summed E-state index contributed by atoms with van der Waals surface area (Å²) in [7, 11) is -1.93. The lowest BCUT2D eigenvalue weighted by molar-refractivity contribution is -0.116. The van der Waals surface area contributed by atoms with Gasteiger partial charge >= 0.3 is 0 Å². The van der Waals surface area contributed by atoms with Crippen molar-refractivity contribution >= 4 is 22.0 Å². The van der Waals surface area contributed by atoms with Crippen LogP contribution in [-0.4, -0.2) is 40.3 Å². The minimum atomic E-state index is -3.49. The molecule has 0 radical (unpaired) electrons. The molecule has 0 heterocycles.